The Morgan fingerprint density at radius 3 is 2.45 bits per heavy atom. The summed E-state index contributed by atoms with van der Waals surface area (Å²) in [6.45, 7) is -0.180. The van der Waals surface area contributed by atoms with Gasteiger partial charge < -0.3 is 10.4 Å². The number of aliphatic hydroxyl groups excluding tert-OH is 1. The third kappa shape index (κ3) is 4.17. The Kier molecular flexibility index (Phi) is 6.49. The van der Waals surface area contributed by atoms with Crippen molar-refractivity contribution in [3.63, 3.8) is 0 Å². The van der Waals surface area contributed by atoms with Crippen LogP contribution in [0.3, 0.4) is 0 Å². The van der Waals surface area contributed by atoms with E-state index in [4.69, 9.17) is 16.7 Å². The molecule has 0 radical (unpaired) electrons. The minimum Gasteiger partial charge on any atom is -0.395 e. The van der Waals surface area contributed by atoms with Gasteiger partial charge in [0, 0.05) is 6.54 Å². The third-order valence-corrected chi connectivity index (χ3v) is 7.84. The van der Waals surface area contributed by atoms with Gasteiger partial charge in [0.05, 0.1) is 22.1 Å². The maximum absolute atomic E-state index is 12.2. The molecule has 1 rings (SSSR count). The lowest BCUT2D eigenvalue weighted by Crippen LogP contribution is -2.27. The van der Waals surface area contributed by atoms with Gasteiger partial charge in [0.25, 0.3) is 5.91 Å². The summed E-state index contributed by atoms with van der Waals surface area (Å²) in [6, 6.07) is 3.78. The lowest BCUT2D eigenvalue weighted by atomic mass is 10.2. The average Bonchev–Trinajstić information content (AvgIpc) is 2.34. The molecule has 1 amide bonds. The number of sulfone groups is 1. The maximum Gasteiger partial charge on any atom is 0.252 e. The van der Waals surface area contributed by atoms with E-state index in [1.54, 1.807) is 0 Å². The van der Waals surface area contributed by atoms with Crippen LogP contribution in [0, 0.1) is 0 Å². The fraction of sp³-hybridized carbons (Fsp3) is 0.300. The number of hydrogen-bond donors (Lipinski definition) is 2. The molecule has 0 unspecified atom stereocenters. The second-order valence-electron chi connectivity index (χ2n) is 3.57. The number of carbonyl (C=O) groups is 1. The molecule has 0 aromatic heterocycles. The van der Waals surface area contributed by atoms with Crippen molar-refractivity contribution in [1.82, 2.24) is 5.32 Å². The van der Waals surface area contributed by atoms with Crippen molar-refractivity contribution in [2.75, 3.05) is 13.2 Å². The van der Waals surface area contributed by atoms with Crippen LogP contribution in [0.25, 0.3) is 0 Å². The van der Waals surface area contributed by atoms with E-state index < -0.39 is 17.2 Å². The standard InChI is InChI=1S/C10H9Br3ClNO4S/c11-10(12,13)20(18,19)6-1-2-8(14)7(5-6)9(17)15-3-4-16/h1-2,5,16H,3-4H2,(H,15,17). The third-order valence-electron chi connectivity index (χ3n) is 2.19. The molecular weight excluding hydrogens is 505 g/mol. The molecule has 0 aliphatic carbocycles. The molecule has 1 aromatic carbocycles. The molecule has 20 heavy (non-hydrogen) atoms. The minimum absolute atomic E-state index is 0.0120. The first kappa shape index (κ1) is 18.4. The molecule has 112 valence electrons. The van der Waals surface area contributed by atoms with Crippen molar-refractivity contribution in [3.05, 3.63) is 28.8 Å². The molecule has 0 spiro atoms. The highest BCUT2D eigenvalue weighted by molar-refractivity contribution is 9.42. The van der Waals surface area contributed by atoms with E-state index in [0.29, 0.717) is 0 Å². The first-order chi connectivity index (χ1) is 9.11. The number of rotatable bonds is 4. The SMILES string of the molecule is O=C(NCCO)c1cc(S(=O)(=O)C(Br)(Br)Br)ccc1Cl. The number of benzene rings is 1. The Labute approximate surface area is 146 Å². The average molecular weight is 514 g/mol. The van der Waals surface area contributed by atoms with Gasteiger partial charge in [0.2, 0.25) is 11.3 Å². The highest BCUT2D eigenvalue weighted by Crippen LogP contribution is 2.43. The zero-order chi connectivity index (χ0) is 15.6. The summed E-state index contributed by atoms with van der Waals surface area (Å²) in [5, 5.41) is 11.2. The molecule has 0 aliphatic rings. The number of aliphatic hydroxyl groups is 1. The molecule has 5 nitrogen and oxygen atoms in total. The molecule has 0 fully saturated rings. The van der Waals surface area contributed by atoms with Crippen LogP contribution in [-0.2, 0) is 9.84 Å². The number of amides is 1. The molecule has 0 aliphatic heterocycles. The van der Waals surface area contributed by atoms with Crippen molar-refractivity contribution in [1.29, 1.82) is 0 Å². The fourth-order valence-electron chi connectivity index (χ4n) is 1.24. The Hall–Kier alpha value is 0.330. The summed E-state index contributed by atoms with van der Waals surface area (Å²) in [6.07, 6.45) is 0. The van der Waals surface area contributed by atoms with Crippen molar-refractivity contribution >= 4 is 75.1 Å². The molecule has 2 N–H and O–H groups in total. The second kappa shape index (κ2) is 7.06. The van der Waals surface area contributed by atoms with Crippen LogP contribution in [0.1, 0.15) is 10.4 Å². The van der Waals surface area contributed by atoms with Crippen LogP contribution >= 0.6 is 59.4 Å². The van der Waals surface area contributed by atoms with E-state index in [9.17, 15) is 13.2 Å². The molecule has 0 bridgehead atoms. The van der Waals surface area contributed by atoms with Crippen molar-refractivity contribution in [2.45, 2.75) is 6.37 Å². The Balaban J connectivity index is 3.26. The number of nitrogens with one attached hydrogen (secondary N) is 1. The van der Waals surface area contributed by atoms with E-state index in [1.165, 1.54) is 18.2 Å². The van der Waals surface area contributed by atoms with Crippen LogP contribution in [0.2, 0.25) is 5.02 Å². The van der Waals surface area contributed by atoms with E-state index >= 15 is 0 Å². The van der Waals surface area contributed by atoms with Crippen LogP contribution < -0.4 is 5.32 Å². The molecular formula is C10H9Br3ClNO4S. The van der Waals surface area contributed by atoms with Crippen LogP contribution in [-0.4, -0.2) is 34.1 Å². The molecule has 0 heterocycles. The Morgan fingerprint density at radius 2 is 1.95 bits per heavy atom. The van der Waals surface area contributed by atoms with E-state index in [2.05, 4.69) is 53.1 Å². The van der Waals surface area contributed by atoms with Gasteiger partial charge in [-0.25, -0.2) is 8.42 Å². The van der Waals surface area contributed by atoms with Crippen LogP contribution in [0.4, 0.5) is 0 Å². The zero-order valence-corrected chi connectivity index (χ0v) is 16.1. The minimum atomic E-state index is -3.81. The number of alkyl halides is 3. The maximum atomic E-state index is 12.2. The summed E-state index contributed by atoms with van der Waals surface area (Å²) in [7, 11) is -3.81. The fourth-order valence-corrected chi connectivity index (χ4v) is 3.92. The summed E-state index contributed by atoms with van der Waals surface area (Å²) >= 11 is 14.7. The quantitative estimate of drug-likeness (QED) is 0.606. The predicted octanol–water partition coefficient (Wildman–Crippen LogP) is 2.63. The highest BCUT2D eigenvalue weighted by Gasteiger charge is 2.37. The lowest BCUT2D eigenvalue weighted by molar-refractivity contribution is 0.0944. The normalized spacial score (nSPS) is 12.2. The molecule has 1 aromatic rings. The van der Waals surface area contributed by atoms with Gasteiger partial charge in [0.15, 0.2) is 0 Å². The Bertz CT molecular complexity index is 615. The van der Waals surface area contributed by atoms with Crippen molar-refractivity contribution in [3.8, 4) is 0 Å². The first-order valence-electron chi connectivity index (χ1n) is 5.11. The summed E-state index contributed by atoms with van der Waals surface area (Å²) < 4.78 is 22.9. The highest BCUT2D eigenvalue weighted by atomic mass is 80.0. The van der Waals surface area contributed by atoms with E-state index in [0.717, 1.165) is 0 Å². The number of hydrogen-bond acceptors (Lipinski definition) is 4. The number of carbonyl (C=O) groups excluding carboxylic acids is 1. The smallest absolute Gasteiger partial charge is 0.252 e. The van der Waals surface area contributed by atoms with Gasteiger partial charge in [-0.2, -0.15) is 0 Å². The molecule has 0 saturated heterocycles. The monoisotopic (exact) mass is 511 g/mol. The van der Waals surface area contributed by atoms with Gasteiger partial charge in [-0.3, -0.25) is 4.79 Å². The first-order valence-corrected chi connectivity index (χ1v) is 9.35. The molecule has 0 saturated carbocycles. The molecule has 10 heteroatoms. The zero-order valence-electron chi connectivity index (χ0n) is 9.74. The lowest BCUT2D eigenvalue weighted by Gasteiger charge is -2.15. The van der Waals surface area contributed by atoms with Crippen molar-refractivity contribution in [2.24, 2.45) is 0 Å². The Morgan fingerprint density at radius 1 is 1.35 bits per heavy atom. The largest absolute Gasteiger partial charge is 0.395 e. The van der Waals surface area contributed by atoms with Gasteiger partial charge >= 0.3 is 0 Å². The van der Waals surface area contributed by atoms with E-state index in [1.807, 2.05) is 0 Å². The topological polar surface area (TPSA) is 83.5 Å². The summed E-state index contributed by atoms with van der Waals surface area (Å²) in [4.78, 5) is 11.7. The summed E-state index contributed by atoms with van der Waals surface area (Å²) in [5.74, 6) is -0.564. The van der Waals surface area contributed by atoms with Crippen LogP contribution in [0.5, 0.6) is 0 Å². The molecule has 0 atom stereocenters. The van der Waals surface area contributed by atoms with Gasteiger partial charge in [-0.05, 0) is 66.0 Å². The van der Waals surface area contributed by atoms with E-state index in [-0.39, 0.29) is 28.6 Å². The predicted molar refractivity (Wildman–Crippen MR) is 87.6 cm³/mol. The summed E-state index contributed by atoms with van der Waals surface area (Å²) in [5.41, 5.74) is 0.0120. The van der Waals surface area contributed by atoms with Crippen LogP contribution in [0.15, 0.2) is 23.1 Å². The van der Waals surface area contributed by atoms with Gasteiger partial charge in [-0.1, -0.05) is 11.6 Å². The second-order valence-corrected chi connectivity index (χ2v) is 14.4. The van der Waals surface area contributed by atoms with Gasteiger partial charge in [0.1, 0.15) is 0 Å². The number of halogens is 4. The van der Waals surface area contributed by atoms with Crippen molar-refractivity contribution < 1.29 is 18.3 Å². The van der Waals surface area contributed by atoms with Gasteiger partial charge in [-0.15, -0.1) is 0 Å².